The smallest absolute Gasteiger partial charge is 0.0643 e. The largest absolute Gasteiger partial charge is 0.306 e. The minimum atomic E-state index is 0.0658. The molecule has 0 bridgehead atoms. The van der Waals surface area contributed by atoms with Crippen LogP contribution in [0.25, 0.3) is 0 Å². The Morgan fingerprint density at radius 3 is 2.52 bits per heavy atom. The summed E-state index contributed by atoms with van der Waals surface area (Å²) in [6, 6.07) is 12.4. The van der Waals surface area contributed by atoms with Crippen LogP contribution in [-0.2, 0) is 0 Å². The minimum absolute atomic E-state index is 0.0658. The molecule has 2 aromatic rings. The van der Waals surface area contributed by atoms with Gasteiger partial charge in [-0.1, -0.05) is 66.0 Å². The lowest BCUT2D eigenvalue weighted by atomic mass is 9.93. The second-order valence-electron chi connectivity index (χ2n) is 5.39. The molecule has 0 saturated carbocycles. The minimum Gasteiger partial charge on any atom is -0.306 e. The van der Waals surface area contributed by atoms with Gasteiger partial charge in [0, 0.05) is 0 Å². The predicted molar refractivity (Wildman–Crippen MR) is 92.5 cm³/mol. The highest BCUT2D eigenvalue weighted by molar-refractivity contribution is 6.42. The molecule has 1 unspecified atom stereocenters. The van der Waals surface area contributed by atoms with Gasteiger partial charge in [0.1, 0.15) is 0 Å². The maximum absolute atomic E-state index is 6.44. The summed E-state index contributed by atoms with van der Waals surface area (Å²) in [6.07, 6.45) is 1.07. The summed E-state index contributed by atoms with van der Waals surface area (Å²) < 4.78 is 0. The average Bonchev–Trinajstić information content (AvgIpc) is 2.47. The summed E-state index contributed by atoms with van der Waals surface area (Å²) in [7, 11) is 0. The molecule has 0 amide bonds. The molecule has 21 heavy (non-hydrogen) atoms. The van der Waals surface area contributed by atoms with Gasteiger partial charge in [-0.3, -0.25) is 0 Å². The van der Waals surface area contributed by atoms with Gasteiger partial charge < -0.3 is 5.32 Å². The molecular formula is C18H21Cl2N. The molecule has 0 aliphatic heterocycles. The van der Waals surface area contributed by atoms with Crippen molar-refractivity contribution in [3.63, 3.8) is 0 Å². The lowest BCUT2D eigenvalue weighted by molar-refractivity contribution is 0.596. The van der Waals surface area contributed by atoms with Gasteiger partial charge in [-0.05, 0) is 49.6 Å². The van der Waals surface area contributed by atoms with Crippen LogP contribution >= 0.6 is 23.2 Å². The Kier molecular flexibility index (Phi) is 5.69. The fourth-order valence-corrected chi connectivity index (χ4v) is 2.91. The molecule has 0 spiro atoms. The zero-order valence-electron chi connectivity index (χ0n) is 12.7. The molecule has 1 N–H and O–H groups in total. The first-order valence-corrected chi connectivity index (χ1v) is 8.04. The quantitative estimate of drug-likeness (QED) is 0.744. The maximum atomic E-state index is 6.44. The average molecular weight is 322 g/mol. The van der Waals surface area contributed by atoms with E-state index in [0.717, 1.165) is 18.5 Å². The standard InChI is InChI=1S/C18H21Cl2N/c1-4-10-21-18(14-6-5-7-16(19)17(14)20)15-11-12(2)8-9-13(15)3/h5-9,11,18,21H,4,10H2,1-3H3. The third-order valence-electron chi connectivity index (χ3n) is 3.64. The molecule has 0 saturated heterocycles. The van der Waals surface area contributed by atoms with E-state index in [0.29, 0.717) is 10.0 Å². The number of hydrogen-bond acceptors (Lipinski definition) is 1. The van der Waals surface area contributed by atoms with E-state index in [1.165, 1.54) is 16.7 Å². The van der Waals surface area contributed by atoms with Crippen LogP contribution in [-0.4, -0.2) is 6.54 Å². The number of halogens is 2. The van der Waals surface area contributed by atoms with Crippen LogP contribution in [0.2, 0.25) is 10.0 Å². The zero-order chi connectivity index (χ0) is 15.4. The highest BCUT2D eigenvalue weighted by Crippen LogP contribution is 2.34. The van der Waals surface area contributed by atoms with E-state index >= 15 is 0 Å². The number of rotatable bonds is 5. The molecule has 0 heterocycles. The first kappa shape index (κ1) is 16.4. The van der Waals surface area contributed by atoms with Gasteiger partial charge in [-0.15, -0.1) is 0 Å². The van der Waals surface area contributed by atoms with Crippen molar-refractivity contribution in [1.82, 2.24) is 5.32 Å². The van der Waals surface area contributed by atoms with E-state index in [4.69, 9.17) is 23.2 Å². The van der Waals surface area contributed by atoms with Crippen molar-refractivity contribution in [2.24, 2.45) is 0 Å². The number of benzene rings is 2. The Hall–Kier alpha value is -1.02. The molecule has 3 heteroatoms. The van der Waals surface area contributed by atoms with Gasteiger partial charge in [0.25, 0.3) is 0 Å². The summed E-state index contributed by atoms with van der Waals surface area (Å²) in [4.78, 5) is 0. The van der Waals surface area contributed by atoms with Crippen molar-refractivity contribution >= 4 is 23.2 Å². The predicted octanol–water partition coefficient (Wildman–Crippen LogP) is 5.70. The van der Waals surface area contributed by atoms with Crippen LogP contribution in [0, 0.1) is 13.8 Å². The van der Waals surface area contributed by atoms with Crippen LogP contribution in [0.5, 0.6) is 0 Å². The second-order valence-corrected chi connectivity index (χ2v) is 6.18. The molecule has 1 atom stereocenters. The molecule has 2 aromatic carbocycles. The molecule has 2 rings (SSSR count). The summed E-state index contributed by atoms with van der Waals surface area (Å²) in [5, 5.41) is 4.83. The molecule has 0 aliphatic rings. The van der Waals surface area contributed by atoms with Crippen LogP contribution in [0.3, 0.4) is 0 Å². The van der Waals surface area contributed by atoms with Gasteiger partial charge in [0.05, 0.1) is 16.1 Å². The van der Waals surface area contributed by atoms with Crippen molar-refractivity contribution in [3.8, 4) is 0 Å². The fraction of sp³-hybridized carbons (Fsp3) is 0.333. The maximum Gasteiger partial charge on any atom is 0.0643 e. The van der Waals surface area contributed by atoms with Gasteiger partial charge in [0.15, 0.2) is 0 Å². The Morgan fingerprint density at radius 1 is 1.05 bits per heavy atom. The number of aryl methyl sites for hydroxylation is 2. The van der Waals surface area contributed by atoms with Crippen molar-refractivity contribution < 1.29 is 0 Å². The second kappa shape index (κ2) is 7.31. The Balaban J connectivity index is 2.52. The van der Waals surface area contributed by atoms with E-state index in [-0.39, 0.29) is 6.04 Å². The monoisotopic (exact) mass is 321 g/mol. The van der Waals surface area contributed by atoms with Gasteiger partial charge in [-0.25, -0.2) is 0 Å². The lowest BCUT2D eigenvalue weighted by Gasteiger charge is -2.23. The van der Waals surface area contributed by atoms with Gasteiger partial charge in [-0.2, -0.15) is 0 Å². The first-order chi connectivity index (χ1) is 10.0. The van der Waals surface area contributed by atoms with Gasteiger partial charge in [0.2, 0.25) is 0 Å². The highest BCUT2D eigenvalue weighted by atomic mass is 35.5. The lowest BCUT2D eigenvalue weighted by Crippen LogP contribution is -2.24. The third-order valence-corrected chi connectivity index (χ3v) is 4.47. The van der Waals surface area contributed by atoms with Crippen molar-refractivity contribution in [3.05, 3.63) is 68.7 Å². The number of nitrogens with one attached hydrogen (secondary N) is 1. The van der Waals surface area contributed by atoms with E-state index < -0.39 is 0 Å². The van der Waals surface area contributed by atoms with Crippen molar-refractivity contribution in [1.29, 1.82) is 0 Å². The summed E-state index contributed by atoms with van der Waals surface area (Å²) >= 11 is 12.6. The molecular weight excluding hydrogens is 301 g/mol. The zero-order valence-corrected chi connectivity index (χ0v) is 14.2. The molecule has 0 aromatic heterocycles. The van der Waals surface area contributed by atoms with Crippen LogP contribution in [0.15, 0.2) is 36.4 Å². The van der Waals surface area contributed by atoms with Gasteiger partial charge >= 0.3 is 0 Å². The number of hydrogen-bond donors (Lipinski definition) is 1. The van der Waals surface area contributed by atoms with E-state index in [1.54, 1.807) is 0 Å². The topological polar surface area (TPSA) is 12.0 Å². The molecule has 0 fully saturated rings. The Labute approximate surface area is 137 Å². The van der Waals surface area contributed by atoms with E-state index in [1.807, 2.05) is 18.2 Å². The van der Waals surface area contributed by atoms with Crippen molar-refractivity contribution in [2.75, 3.05) is 6.54 Å². The molecule has 112 valence electrons. The van der Waals surface area contributed by atoms with Crippen LogP contribution in [0.4, 0.5) is 0 Å². The summed E-state index contributed by atoms with van der Waals surface area (Å²) in [5.74, 6) is 0. The molecule has 0 aliphatic carbocycles. The van der Waals surface area contributed by atoms with Crippen LogP contribution in [0.1, 0.15) is 41.6 Å². The summed E-state index contributed by atoms with van der Waals surface area (Å²) in [6.45, 7) is 7.33. The summed E-state index contributed by atoms with van der Waals surface area (Å²) in [5.41, 5.74) is 4.79. The van der Waals surface area contributed by atoms with E-state index in [2.05, 4.69) is 44.3 Å². The SMILES string of the molecule is CCCNC(c1cc(C)ccc1C)c1cccc(Cl)c1Cl. The fourth-order valence-electron chi connectivity index (χ4n) is 2.49. The molecule has 1 nitrogen and oxygen atoms in total. The third kappa shape index (κ3) is 3.79. The van der Waals surface area contributed by atoms with E-state index in [9.17, 15) is 0 Å². The Morgan fingerprint density at radius 2 is 1.81 bits per heavy atom. The Bertz CT molecular complexity index is 621. The van der Waals surface area contributed by atoms with Crippen molar-refractivity contribution in [2.45, 2.75) is 33.2 Å². The normalized spacial score (nSPS) is 12.4. The van der Waals surface area contributed by atoms with Crippen LogP contribution < -0.4 is 5.32 Å². The first-order valence-electron chi connectivity index (χ1n) is 7.29. The highest BCUT2D eigenvalue weighted by Gasteiger charge is 2.19. The molecule has 0 radical (unpaired) electrons.